The Hall–Kier alpha value is -4.66. The number of nitrogens with zero attached hydrogens (tertiary/aromatic N) is 2. The normalized spacial score (nSPS) is 13.6. The summed E-state index contributed by atoms with van der Waals surface area (Å²) in [7, 11) is 3.10. The Morgan fingerprint density at radius 2 is 1.54 bits per heavy atom. The summed E-state index contributed by atoms with van der Waals surface area (Å²) in [5, 5.41) is 0.726. The number of halogens is 1. The van der Waals surface area contributed by atoms with Crippen LogP contribution in [-0.2, 0) is 9.59 Å². The summed E-state index contributed by atoms with van der Waals surface area (Å²) in [6, 6.07) is 17.6. The Bertz CT molecular complexity index is 1480. The van der Waals surface area contributed by atoms with Crippen molar-refractivity contribution in [3.05, 3.63) is 78.7 Å². The molecule has 0 spiro atoms. The van der Waals surface area contributed by atoms with E-state index in [1.54, 1.807) is 56.8 Å². The first kappa shape index (κ1) is 24.1. The van der Waals surface area contributed by atoms with Gasteiger partial charge >= 0.3 is 0 Å². The number of ether oxygens (including phenoxy) is 3. The van der Waals surface area contributed by atoms with Crippen molar-refractivity contribution in [3.8, 4) is 23.0 Å². The minimum Gasteiger partial charge on any atom is -0.493 e. The van der Waals surface area contributed by atoms with Crippen molar-refractivity contribution in [2.75, 3.05) is 19.1 Å². The SMILES string of the molecule is COc1ccc2c(Oc3ccc(N(C(=O)C4(C(N)=O)CC4)c4ccc(F)cc4)cc3)ccnc2c1OC. The van der Waals surface area contributed by atoms with Gasteiger partial charge in [0.25, 0.3) is 0 Å². The fourth-order valence-electron chi connectivity index (χ4n) is 4.26. The van der Waals surface area contributed by atoms with Gasteiger partial charge < -0.3 is 19.9 Å². The molecular weight excluding hydrogens is 477 g/mol. The van der Waals surface area contributed by atoms with Crippen LogP contribution in [0.2, 0.25) is 0 Å². The summed E-state index contributed by atoms with van der Waals surface area (Å²) in [6.45, 7) is 0. The zero-order valence-electron chi connectivity index (χ0n) is 20.2. The molecule has 1 heterocycles. The van der Waals surface area contributed by atoms with Crippen molar-refractivity contribution < 1.29 is 28.2 Å². The van der Waals surface area contributed by atoms with E-state index in [-0.39, 0.29) is 0 Å². The maximum absolute atomic E-state index is 13.6. The van der Waals surface area contributed by atoms with Gasteiger partial charge in [-0.2, -0.15) is 0 Å². The largest absolute Gasteiger partial charge is 0.493 e. The van der Waals surface area contributed by atoms with Gasteiger partial charge in [-0.15, -0.1) is 0 Å². The van der Waals surface area contributed by atoms with Crippen molar-refractivity contribution in [1.29, 1.82) is 0 Å². The second-order valence-corrected chi connectivity index (χ2v) is 8.67. The van der Waals surface area contributed by atoms with Crippen LogP contribution in [0.1, 0.15) is 12.8 Å². The molecule has 5 rings (SSSR count). The predicted octanol–water partition coefficient (Wildman–Crippen LogP) is 5.11. The standard InChI is InChI=1S/C28H24FN3O5/c1-35-23-12-11-21-22(13-16-31-24(21)25(23)36-2)37-20-9-7-19(8-10-20)32(18-5-3-17(29)4-6-18)27(34)28(14-15-28)26(30)33/h3-13,16H,14-15H2,1-2H3,(H2,30,33). The van der Waals surface area contributed by atoms with Gasteiger partial charge in [0, 0.05) is 23.0 Å². The highest BCUT2D eigenvalue weighted by molar-refractivity contribution is 6.16. The topological polar surface area (TPSA) is 104 Å². The molecule has 0 unspecified atom stereocenters. The van der Waals surface area contributed by atoms with Crippen LogP contribution in [0.4, 0.5) is 15.8 Å². The van der Waals surface area contributed by atoms with Gasteiger partial charge in [0.05, 0.1) is 14.2 Å². The van der Waals surface area contributed by atoms with Crippen LogP contribution in [0.25, 0.3) is 10.9 Å². The zero-order valence-corrected chi connectivity index (χ0v) is 20.2. The summed E-state index contributed by atoms with van der Waals surface area (Å²) in [5.74, 6) is 0.568. The van der Waals surface area contributed by atoms with Crippen LogP contribution in [0, 0.1) is 11.2 Å². The molecule has 2 N–H and O–H groups in total. The van der Waals surface area contributed by atoms with Crippen LogP contribution in [0.3, 0.4) is 0 Å². The summed E-state index contributed by atoms with van der Waals surface area (Å²) in [6.07, 6.45) is 2.37. The van der Waals surface area contributed by atoms with Crippen LogP contribution < -0.4 is 24.8 Å². The average Bonchev–Trinajstić information content (AvgIpc) is 3.73. The van der Waals surface area contributed by atoms with Crippen LogP contribution in [-0.4, -0.2) is 31.0 Å². The van der Waals surface area contributed by atoms with Crippen molar-refractivity contribution in [2.24, 2.45) is 11.1 Å². The number of carbonyl (C=O) groups is 2. The minimum atomic E-state index is -1.25. The van der Waals surface area contributed by atoms with Gasteiger partial charge in [0.2, 0.25) is 11.8 Å². The second-order valence-electron chi connectivity index (χ2n) is 8.67. The quantitative estimate of drug-likeness (QED) is 0.337. The number of anilines is 2. The molecule has 1 aliphatic carbocycles. The van der Waals surface area contributed by atoms with Crippen LogP contribution in [0.5, 0.6) is 23.0 Å². The smallest absolute Gasteiger partial charge is 0.247 e. The molecule has 1 aliphatic rings. The molecule has 8 nitrogen and oxygen atoms in total. The van der Waals surface area contributed by atoms with Crippen molar-refractivity contribution in [3.63, 3.8) is 0 Å². The molecule has 0 radical (unpaired) electrons. The van der Waals surface area contributed by atoms with Gasteiger partial charge in [-0.05, 0) is 79.6 Å². The van der Waals surface area contributed by atoms with E-state index < -0.39 is 23.0 Å². The molecule has 37 heavy (non-hydrogen) atoms. The fourth-order valence-corrected chi connectivity index (χ4v) is 4.26. The summed E-state index contributed by atoms with van der Waals surface area (Å²) >= 11 is 0. The lowest BCUT2D eigenvalue weighted by Crippen LogP contribution is -2.41. The number of hydrogen-bond acceptors (Lipinski definition) is 6. The molecule has 1 fully saturated rings. The van der Waals surface area contributed by atoms with Gasteiger partial charge in [-0.1, -0.05) is 0 Å². The molecule has 1 saturated carbocycles. The summed E-state index contributed by atoms with van der Waals surface area (Å²) in [4.78, 5) is 31.3. The Morgan fingerprint density at radius 1 is 0.892 bits per heavy atom. The number of hydrogen-bond donors (Lipinski definition) is 1. The van der Waals surface area contributed by atoms with Crippen molar-refractivity contribution >= 4 is 34.1 Å². The molecule has 0 bridgehead atoms. The number of primary amides is 1. The third-order valence-electron chi connectivity index (χ3n) is 6.46. The second kappa shape index (κ2) is 9.42. The molecule has 0 atom stereocenters. The molecule has 1 aromatic heterocycles. The number of carbonyl (C=O) groups excluding carboxylic acids is 2. The summed E-state index contributed by atoms with van der Waals surface area (Å²) < 4.78 is 30.5. The highest BCUT2D eigenvalue weighted by Crippen LogP contribution is 2.49. The average molecular weight is 502 g/mol. The molecule has 2 amide bonds. The number of fused-ring (bicyclic) bond motifs is 1. The van der Waals surface area contributed by atoms with Crippen LogP contribution >= 0.6 is 0 Å². The first-order valence-corrected chi connectivity index (χ1v) is 11.6. The van der Waals surface area contributed by atoms with E-state index in [0.29, 0.717) is 52.7 Å². The minimum absolute atomic E-state index is 0.378. The van der Waals surface area contributed by atoms with E-state index in [4.69, 9.17) is 19.9 Å². The predicted molar refractivity (Wildman–Crippen MR) is 136 cm³/mol. The Labute approximate surface area is 212 Å². The van der Waals surface area contributed by atoms with E-state index >= 15 is 0 Å². The van der Waals surface area contributed by atoms with Gasteiger partial charge in [-0.3, -0.25) is 19.5 Å². The van der Waals surface area contributed by atoms with Gasteiger partial charge in [-0.25, -0.2) is 4.39 Å². The van der Waals surface area contributed by atoms with Crippen molar-refractivity contribution in [1.82, 2.24) is 4.98 Å². The highest BCUT2D eigenvalue weighted by Gasteiger charge is 2.57. The van der Waals surface area contributed by atoms with Crippen molar-refractivity contribution in [2.45, 2.75) is 12.8 Å². The molecule has 0 saturated heterocycles. The lowest BCUT2D eigenvalue weighted by Gasteiger charge is -2.26. The lowest BCUT2D eigenvalue weighted by molar-refractivity contribution is -0.133. The molecule has 4 aromatic rings. The number of aromatic nitrogens is 1. The van der Waals surface area contributed by atoms with Gasteiger partial charge in [0.15, 0.2) is 11.5 Å². The van der Waals surface area contributed by atoms with Crippen LogP contribution in [0.15, 0.2) is 72.9 Å². The number of rotatable bonds is 8. The van der Waals surface area contributed by atoms with E-state index in [0.717, 1.165) is 5.39 Å². The molecule has 0 aliphatic heterocycles. The zero-order chi connectivity index (χ0) is 26.2. The van der Waals surface area contributed by atoms with Gasteiger partial charge in [0.1, 0.15) is 28.2 Å². The monoisotopic (exact) mass is 501 g/mol. The maximum atomic E-state index is 13.6. The third-order valence-corrected chi connectivity index (χ3v) is 6.46. The fraction of sp³-hybridized carbons (Fsp3) is 0.179. The lowest BCUT2D eigenvalue weighted by atomic mass is 10.0. The Balaban J connectivity index is 1.48. The highest BCUT2D eigenvalue weighted by atomic mass is 19.1. The Kier molecular flexibility index (Phi) is 6.12. The number of methoxy groups -OCH3 is 2. The summed E-state index contributed by atoms with van der Waals surface area (Å²) in [5.41, 5.74) is 5.81. The van der Waals surface area contributed by atoms with E-state index in [2.05, 4.69) is 4.98 Å². The molecule has 9 heteroatoms. The van der Waals surface area contributed by atoms with E-state index in [1.165, 1.54) is 29.2 Å². The maximum Gasteiger partial charge on any atom is 0.247 e. The molecule has 3 aromatic carbocycles. The number of benzene rings is 3. The number of amides is 2. The number of nitrogens with two attached hydrogens (primary N) is 1. The van der Waals surface area contributed by atoms with E-state index in [1.807, 2.05) is 6.07 Å². The third kappa shape index (κ3) is 4.29. The molecule has 188 valence electrons. The Morgan fingerprint density at radius 3 is 2.11 bits per heavy atom. The van der Waals surface area contributed by atoms with E-state index in [9.17, 15) is 14.0 Å². The first-order chi connectivity index (χ1) is 17.9. The number of pyridine rings is 1. The first-order valence-electron chi connectivity index (χ1n) is 11.6. The molecular formula is C28H24FN3O5.